The molecule has 2 aromatic heterocycles. The number of benzene rings is 1. The quantitative estimate of drug-likeness (QED) is 0.777. The molecule has 0 radical (unpaired) electrons. The average Bonchev–Trinajstić information content (AvgIpc) is 3.10. The number of thiophene rings is 1. The van der Waals surface area contributed by atoms with Crippen molar-refractivity contribution >= 4 is 34.3 Å². The highest BCUT2D eigenvalue weighted by Crippen LogP contribution is 2.29. The van der Waals surface area contributed by atoms with Crippen molar-refractivity contribution in [1.82, 2.24) is 4.98 Å². The average molecular weight is 300 g/mol. The van der Waals surface area contributed by atoms with Crippen molar-refractivity contribution in [2.24, 2.45) is 0 Å². The number of nitrogens with zero attached hydrogens (tertiary/aromatic N) is 1. The van der Waals surface area contributed by atoms with Crippen LogP contribution < -0.4 is 5.32 Å². The molecular formula is C15H12N2OS2. The SMILES string of the molecule is Cc1nc(-c2ccccc2NC(=O)c2cccs2)cs1. The Morgan fingerprint density at radius 1 is 1.15 bits per heavy atom. The maximum Gasteiger partial charge on any atom is 0.265 e. The molecule has 1 N–H and O–H groups in total. The largest absolute Gasteiger partial charge is 0.321 e. The van der Waals surface area contributed by atoms with Crippen molar-refractivity contribution < 1.29 is 4.79 Å². The van der Waals surface area contributed by atoms with Crippen molar-refractivity contribution in [3.8, 4) is 11.3 Å². The first-order valence-corrected chi connectivity index (χ1v) is 7.86. The topological polar surface area (TPSA) is 42.0 Å². The second-order valence-electron chi connectivity index (χ2n) is 4.23. The Kier molecular flexibility index (Phi) is 3.62. The summed E-state index contributed by atoms with van der Waals surface area (Å²) in [5, 5.41) is 7.87. The van der Waals surface area contributed by atoms with Gasteiger partial charge < -0.3 is 5.32 Å². The highest BCUT2D eigenvalue weighted by molar-refractivity contribution is 7.12. The Bertz CT molecular complexity index is 732. The molecule has 0 spiro atoms. The molecule has 3 aromatic rings. The molecule has 3 nitrogen and oxygen atoms in total. The molecule has 0 atom stereocenters. The van der Waals surface area contributed by atoms with Crippen molar-refractivity contribution in [1.29, 1.82) is 0 Å². The number of para-hydroxylation sites is 1. The van der Waals surface area contributed by atoms with Gasteiger partial charge in [0.2, 0.25) is 0 Å². The molecule has 100 valence electrons. The zero-order valence-corrected chi connectivity index (χ0v) is 12.4. The van der Waals surface area contributed by atoms with E-state index in [1.54, 1.807) is 11.3 Å². The van der Waals surface area contributed by atoms with Gasteiger partial charge in [-0.25, -0.2) is 4.98 Å². The number of aryl methyl sites for hydroxylation is 1. The van der Waals surface area contributed by atoms with Gasteiger partial charge >= 0.3 is 0 Å². The van der Waals surface area contributed by atoms with Crippen LogP contribution in [-0.2, 0) is 0 Å². The first-order valence-electron chi connectivity index (χ1n) is 6.10. The zero-order valence-electron chi connectivity index (χ0n) is 10.8. The lowest BCUT2D eigenvalue weighted by atomic mass is 10.1. The minimum absolute atomic E-state index is 0.0839. The lowest BCUT2D eigenvalue weighted by Crippen LogP contribution is -2.10. The smallest absolute Gasteiger partial charge is 0.265 e. The minimum atomic E-state index is -0.0839. The molecule has 20 heavy (non-hydrogen) atoms. The fourth-order valence-corrected chi connectivity index (χ4v) is 3.13. The van der Waals surface area contributed by atoms with Crippen LogP contribution >= 0.6 is 22.7 Å². The van der Waals surface area contributed by atoms with Crippen LogP contribution in [-0.4, -0.2) is 10.9 Å². The summed E-state index contributed by atoms with van der Waals surface area (Å²) >= 11 is 3.03. The van der Waals surface area contributed by atoms with Crippen LogP contribution in [0.5, 0.6) is 0 Å². The summed E-state index contributed by atoms with van der Waals surface area (Å²) in [6, 6.07) is 11.4. The van der Waals surface area contributed by atoms with Crippen molar-refractivity contribution in [3.63, 3.8) is 0 Å². The molecule has 1 amide bonds. The highest BCUT2D eigenvalue weighted by Gasteiger charge is 2.12. The Balaban J connectivity index is 1.92. The second kappa shape index (κ2) is 5.56. The van der Waals surface area contributed by atoms with E-state index in [4.69, 9.17) is 0 Å². The van der Waals surface area contributed by atoms with Crippen LogP contribution in [0.4, 0.5) is 5.69 Å². The lowest BCUT2D eigenvalue weighted by Gasteiger charge is -2.08. The van der Waals surface area contributed by atoms with Gasteiger partial charge in [0.05, 0.1) is 21.3 Å². The summed E-state index contributed by atoms with van der Waals surface area (Å²) < 4.78 is 0. The van der Waals surface area contributed by atoms with E-state index in [1.165, 1.54) is 11.3 Å². The van der Waals surface area contributed by atoms with Gasteiger partial charge in [-0.3, -0.25) is 4.79 Å². The Hall–Kier alpha value is -1.98. The zero-order chi connectivity index (χ0) is 13.9. The van der Waals surface area contributed by atoms with Crippen molar-refractivity contribution in [3.05, 3.63) is 57.0 Å². The first kappa shape index (κ1) is 13.0. The normalized spacial score (nSPS) is 10.4. The van der Waals surface area contributed by atoms with E-state index in [-0.39, 0.29) is 5.91 Å². The van der Waals surface area contributed by atoms with E-state index < -0.39 is 0 Å². The van der Waals surface area contributed by atoms with Crippen LogP contribution in [0.25, 0.3) is 11.3 Å². The number of hydrogen-bond acceptors (Lipinski definition) is 4. The van der Waals surface area contributed by atoms with Crippen LogP contribution in [0.2, 0.25) is 0 Å². The molecule has 0 saturated carbocycles. The van der Waals surface area contributed by atoms with Crippen LogP contribution in [0.15, 0.2) is 47.2 Å². The third-order valence-electron chi connectivity index (χ3n) is 2.82. The summed E-state index contributed by atoms with van der Waals surface area (Å²) in [6.45, 7) is 1.97. The number of nitrogens with one attached hydrogen (secondary N) is 1. The third-order valence-corrected chi connectivity index (χ3v) is 4.46. The Labute approximate surface area is 124 Å². The van der Waals surface area contributed by atoms with Crippen LogP contribution in [0.3, 0.4) is 0 Å². The molecular weight excluding hydrogens is 288 g/mol. The van der Waals surface area contributed by atoms with Gasteiger partial charge in [0, 0.05) is 10.9 Å². The molecule has 0 fully saturated rings. The van der Waals surface area contributed by atoms with Gasteiger partial charge in [-0.05, 0) is 24.4 Å². The number of aromatic nitrogens is 1. The van der Waals surface area contributed by atoms with E-state index in [1.807, 2.05) is 54.1 Å². The van der Waals surface area contributed by atoms with Crippen LogP contribution in [0, 0.1) is 6.92 Å². The van der Waals surface area contributed by atoms with Crippen molar-refractivity contribution in [2.45, 2.75) is 6.92 Å². The second-order valence-corrected chi connectivity index (χ2v) is 6.24. The monoisotopic (exact) mass is 300 g/mol. The summed E-state index contributed by atoms with van der Waals surface area (Å²) in [6.07, 6.45) is 0. The predicted molar refractivity (Wildman–Crippen MR) is 84.6 cm³/mol. The maximum atomic E-state index is 12.1. The lowest BCUT2D eigenvalue weighted by molar-refractivity contribution is 0.103. The van der Waals surface area contributed by atoms with E-state index in [2.05, 4.69) is 10.3 Å². The number of anilines is 1. The molecule has 0 bridgehead atoms. The fraction of sp³-hybridized carbons (Fsp3) is 0.0667. The molecule has 0 aliphatic rings. The predicted octanol–water partition coefficient (Wildman–Crippen LogP) is 4.43. The van der Waals surface area contributed by atoms with E-state index >= 15 is 0 Å². The molecule has 0 aliphatic carbocycles. The summed E-state index contributed by atoms with van der Waals surface area (Å²) in [5.41, 5.74) is 2.63. The number of carbonyl (C=O) groups is 1. The van der Waals surface area contributed by atoms with E-state index in [9.17, 15) is 4.79 Å². The molecule has 0 unspecified atom stereocenters. The van der Waals surface area contributed by atoms with Crippen molar-refractivity contribution in [2.75, 3.05) is 5.32 Å². The van der Waals surface area contributed by atoms with Gasteiger partial charge in [0.15, 0.2) is 0 Å². The minimum Gasteiger partial charge on any atom is -0.321 e. The molecule has 2 heterocycles. The Morgan fingerprint density at radius 3 is 2.70 bits per heavy atom. The third kappa shape index (κ3) is 2.64. The van der Waals surface area contributed by atoms with Gasteiger partial charge in [-0.2, -0.15) is 0 Å². The van der Waals surface area contributed by atoms with Gasteiger partial charge in [-0.15, -0.1) is 22.7 Å². The van der Waals surface area contributed by atoms with Gasteiger partial charge in [-0.1, -0.05) is 24.3 Å². The van der Waals surface area contributed by atoms with Crippen LogP contribution in [0.1, 0.15) is 14.7 Å². The molecule has 3 rings (SSSR count). The van der Waals surface area contributed by atoms with Gasteiger partial charge in [0.25, 0.3) is 5.91 Å². The number of amides is 1. The fourth-order valence-electron chi connectivity index (χ4n) is 1.89. The van der Waals surface area contributed by atoms with E-state index in [0.29, 0.717) is 4.88 Å². The van der Waals surface area contributed by atoms with E-state index in [0.717, 1.165) is 22.0 Å². The van der Waals surface area contributed by atoms with Gasteiger partial charge in [0.1, 0.15) is 0 Å². The summed E-state index contributed by atoms with van der Waals surface area (Å²) in [5.74, 6) is -0.0839. The highest BCUT2D eigenvalue weighted by atomic mass is 32.1. The molecule has 0 aliphatic heterocycles. The summed E-state index contributed by atoms with van der Waals surface area (Å²) in [7, 11) is 0. The molecule has 0 saturated heterocycles. The number of hydrogen-bond donors (Lipinski definition) is 1. The maximum absolute atomic E-state index is 12.1. The number of thiazole rings is 1. The molecule has 1 aromatic carbocycles. The molecule has 5 heteroatoms. The first-order chi connectivity index (χ1) is 9.74. The standard InChI is InChI=1S/C15H12N2OS2/c1-10-16-13(9-20-10)11-5-2-3-6-12(11)17-15(18)14-7-4-8-19-14/h2-9H,1H3,(H,17,18). The Morgan fingerprint density at radius 2 is 2.00 bits per heavy atom. The summed E-state index contributed by atoms with van der Waals surface area (Å²) in [4.78, 5) is 17.3. The number of carbonyl (C=O) groups excluding carboxylic acids is 1. The number of rotatable bonds is 3.